The van der Waals surface area contributed by atoms with Gasteiger partial charge in [-0.3, -0.25) is 4.98 Å². The van der Waals surface area contributed by atoms with Gasteiger partial charge in [-0.25, -0.2) is 18.4 Å². The van der Waals surface area contributed by atoms with E-state index in [0.29, 0.717) is 18.7 Å². The number of anilines is 1. The fourth-order valence-electron chi connectivity index (χ4n) is 3.67. The van der Waals surface area contributed by atoms with Crippen LogP contribution in [-0.2, 0) is 17.4 Å². The van der Waals surface area contributed by atoms with Crippen LogP contribution in [0.15, 0.2) is 61.6 Å². The minimum atomic E-state index is -1.20. The number of nitrogens with one attached hydrogen (secondary N) is 1. The largest absolute Gasteiger partial charge is 0.382 e. The van der Waals surface area contributed by atoms with Gasteiger partial charge in [0.2, 0.25) is 0 Å². The quantitative estimate of drug-likeness (QED) is 0.415. The highest BCUT2D eigenvalue weighted by Gasteiger charge is 2.24. The van der Waals surface area contributed by atoms with Gasteiger partial charge in [-0.05, 0) is 45.4 Å². The molecule has 0 aliphatic rings. The third-order valence-corrected chi connectivity index (χ3v) is 6.95. The zero-order valence-electron chi connectivity index (χ0n) is 18.6. The van der Waals surface area contributed by atoms with E-state index in [1.165, 1.54) is 6.33 Å². The first-order chi connectivity index (χ1) is 15.3. The molecule has 7 nitrogen and oxygen atoms in total. The summed E-state index contributed by atoms with van der Waals surface area (Å²) in [6, 6.07) is 12.1. The summed E-state index contributed by atoms with van der Waals surface area (Å²) in [6.07, 6.45) is 6.42. The molecule has 32 heavy (non-hydrogen) atoms. The van der Waals surface area contributed by atoms with Gasteiger partial charge in [-0.1, -0.05) is 24.3 Å². The molecule has 0 radical (unpaired) electrons. The van der Waals surface area contributed by atoms with E-state index >= 15 is 0 Å². The Morgan fingerprint density at radius 3 is 2.78 bits per heavy atom. The highest BCUT2D eigenvalue weighted by atomic mass is 32.2. The third-order valence-electron chi connectivity index (χ3n) is 5.29. The third kappa shape index (κ3) is 4.42. The lowest BCUT2D eigenvalue weighted by atomic mass is 10.0. The maximum absolute atomic E-state index is 12.7. The molecule has 166 valence electrons. The topological polar surface area (TPSA) is 98.2 Å². The number of nitrogens with two attached hydrogens (primary N) is 1. The number of benzene rings is 1. The number of nitrogens with zero attached hydrogens (tertiary/aromatic N) is 4. The van der Waals surface area contributed by atoms with Crippen molar-refractivity contribution in [3.63, 3.8) is 0 Å². The molecule has 0 spiro atoms. The fourth-order valence-corrected chi connectivity index (χ4v) is 4.51. The summed E-state index contributed by atoms with van der Waals surface area (Å²) in [4.78, 5) is 8.81. The molecule has 2 atom stereocenters. The lowest BCUT2D eigenvalue weighted by Crippen LogP contribution is -2.40. The van der Waals surface area contributed by atoms with E-state index in [1.807, 2.05) is 61.8 Å². The molecular weight excluding hydrogens is 420 g/mol. The molecule has 0 saturated carbocycles. The number of nitrogen functional groups attached to an aromatic ring is 1. The van der Waals surface area contributed by atoms with Crippen molar-refractivity contribution in [2.45, 2.75) is 44.4 Å². The number of fused-ring (bicyclic) bond motifs is 2. The number of pyridine rings is 1. The van der Waals surface area contributed by atoms with E-state index in [2.05, 4.69) is 38.5 Å². The van der Waals surface area contributed by atoms with Gasteiger partial charge in [0.15, 0.2) is 5.82 Å². The Kier molecular flexibility index (Phi) is 6.08. The zero-order valence-corrected chi connectivity index (χ0v) is 19.4. The van der Waals surface area contributed by atoms with Gasteiger partial charge in [0.25, 0.3) is 0 Å². The Morgan fingerprint density at radius 1 is 1.25 bits per heavy atom. The second-order valence-electron chi connectivity index (χ2n) is 8.80. The molecule has 0 aliphatic heterocycles. The minimum Gasteiger partial charge on any atom is -0.382 e. The van der Waals surface area contributed by atoms with Crippen molar-refractivity contribution < 1.29 is 4.21 Å². The normalized spacial score (nSPS) is 14.0. The predicted molar refractivity (Wildman–Crippen MR) is 131 cm³/mol. The molecule has 0 bridgehead atoms. The molecule has 8 heteroatoms. The summed E-state index contributed by atoms with van der Waals surface area (Å²) in [5, 5.41) is 5.52. The van der Waals surface area contributed by atoms with Gasteiger partial charge in [0, 0.05) is 40.9 Å². The zero-order chi connectivity index (χ0) is 22.9. The Hall–Kier alpha value is -3.10. The van der Waals surface area contributed by atoms with E-state index in [-0.39, 0.29) is 10.8 Å². The van der Waals surface area contributed by atoms with Crippen molar-refractivity contribution >= 4 is 33.2 Å². The first-order valence-electron chi connectivity index (χ1n) is 10.5. The van der Waals surface area contributed by atoms with Crippen LogP contribution in [-0.4, -0.2) is 34.6 Å². The average Bonchev–Trinajstić information content (AvgIpc) is 3.12. The molecular formula is C24H28N6OS. The maximum atomic E-state index is 12.7. The molecule has 4 rings (SSSR count). The maximum Gasteiger partial charge on any atom is 0.151 e. The number of hydrogen-bond acceptors (Lipinski definition) is 5. The number of para-hydroxylation sites is 1. The van der Waals surface area contributed by atoms with Crippen LogP contribution in [0.5, 0.6) is 0 Å². The van der Waals surface area contributed by atoms with Crippen molar-refractivity contribution in [3.8, 4) is 11.1 Å². The van der Waals surface area contributed by atoms with Crippen LogP contribution < -0.4 is 10.5 Å². The smallest absolute Gasteiger partial charge is 0.151 e. The number of aromatic nitrogens is 4. The lowest BCUT2D eigenvalue weighted by molar-refractivity contribution is 0.573. The van der Waals surface area contributed by atoms with Crippen LogP contribution >= 0.6 is 0 Å². The molecule has 3 aromatic heterocycles. The van der Waals surface area contributed by atoms with E-state index in [4.69, 9.17) is 5.73 Å². The van der Waals surface area contributed by atoms with E-state index in [0.717, 1.165) is 33.2 Å². The Balaban J connectivity index is 1.78. The molecule has 3 heterocycles. The first-order valence-corrected chi connectivity index (χ1v) is 11.7. The highest BCUT2D eigenvalue weighted by Crippen LogP contribution is 2.32. The van der Waals surface area contributed by atoms with Crippen LogP contribution in [0, 0.1) is 0 Å². The van der Waals surface area contributed by atoms with E-state index in [9.17, 15) is 4.21 Å². The van der Waals surface area contributed by atoms with Gasteiger partial charge in [-0.2, -0.15) is 5.10 Å². The van der Waals surface area contributed by atoms with Crippen molar-refractivity contribution in [1.29, 1.82) is 0 Å². The molecule has 3 N–H and O–H groups in total. The predicted octanol–water partition coefficient (Wildman–Crippen LogP) is 4.07. The summed E-state index contributed by atoms with van der Waals surface area (Å²) < 4.78 is 17.4. The second-order valence-corrected chi connectivity index (χ2v) is 10.8. The van der Waals surface area contributed by atoms with E-state index < -0.39 is 11.0 Å². The second kappa shape index (κ2) is 8.80. The standard InChI is InChI=1S/C24H28N6OS/c1-5-8-18(29-32(31)24(2,3)4)12-19-13-20(22-23(25)27-15-28-30(19)22)17-11-16-9-6-7-10-21(16)26-14-17/h5-7,9-11,13-15,18,29H,1,8,12H2,2-4H3,(H2,25,27,28)/t18-,32+/m0/s1. The molecule has 0 fully saturated rings. The summed E-state index contributed by atoms with van der Waals surface area (Å²) in [7, 11) is -1.20. The highest BCUT2D eigenvalue weighted by molar-refractivity contribution is 7.84. The first kappa shape index (κ1) is 22.1. The number of rotatable bonds is 7. The van der Waals surface area contributed by atoms with Crippen molar-refractivity contribution in [3.05, 3.63) is 67.3 Å². The van der Waals surface area contributed by atoms with Gasteiger partial charge in [0.05, 0.1) is 21.2 Å². The van der Waals surface area contributed by atoms with Gasteiger partial charge in [-0.15, -0.1) is 6.58 Å². The molecule has 0 aliphatic carbocycles. The van der Waals surface area contributed by atoms with Gasteiger partial charge >= 0.3 is 0 Å². The minimum absolute atomic E-state index is 0.0653. The Morgan fingerprint density at radius 2 is 2.03 bits per heavy atom. The monoisotopic (exact) mass is 448 g/mol. The Bertz CT molecular complexity index is 1310. The summed E-state index contributed by atoms with van der Waals surface area (Å²) in [6.45, 7) is 9.72. The SMILES string of the molecule is C=CC[C@@H](Cc1cc(-c2cnc3ccccc3c2)c2c(N)ncnn12)N[S@](=O)C(C)(C)C. The molecule has 1 aromatic carbocycles. The van der Waals surface area contributed by atoms with Crippen LogP contribution in [0.1, 0.15) is 32.9 Å². The van der Waals surface area contributed by atoms with Crippen molar-refractivity contribution in [2.75, 3.05) is 5.73 Å². The molecule has 4 aromatic rings. The van der Waals surface area contributed by atoms with Crippen LogP contribution in [0.4, 0.5) is 5.82 Å². The van der Waals surface area contributed by atoms with Crippen molar-refractivity contribution in [1.82, 2.24) is 24.3 Å². The van der Waals surface area contributed by atoms with Gasteiger partial charge in [0.1, 0.15) is 11.8 Å². The Labute approximate surface area is 190 Å². The summed E-state index contributed by atoms with van der Waals surface area (Å²) in [5.41, 5.74) is 10.8. The van der Waals surface area contributed by atoms with Crippen molar-refractivity contribution in [2.24, 2.45) is 0 Å². The van der Waals surface area contributed by atoms with E-state index in [1.54, 1.807) is 0 Å². The van der Waals surface area contributed by atoms with Crippen LogP contribution in [0.25, 0.3) is 27.5 Å². The molecule has 0 unspecified atom stereocenters. The van der Waals surface area contributed by atoms with Crippen LogP contribution in [0.3, 0.4) is 0 Å². The van der Waals surface area contributed by atoms with Gasteiger partial charge < -0.3 is 5.73 Å². The summed E-state index contributed by atoms with van der Waals surface area (Å²) in [5.74, 6) is 0.404. The lowest BCUT2D eigenvalue weighted by Gasteiger charge is -2.23. The summed E-state index contributed by atoms with van der Waals surface area (Å²) >= 11 is 0. The molecule has 0 saturated heterocycles. The fraction of sp³-hybridized carbons (Fsp3) is 0.292. The number of hydrogen-bond donors (Lipinski definition) is 2. The average molecular weight is 449 g/mol. The van der Waals surface area contributed by atoms with Crippen LogP contribution in [0.2, 0.25) is 0 Å². The molecule has 0 amide bonds.